The number of amides is 1. The molecule has 1 fully saturated rings. The highest BCUT2D eigenvalue weighted by Crippen LogP contribution is 2.34. The van der Waals surface area contributed by atoms with Crippen LogP contribution in [-0.4, -0.2) is 30.3 Å². The fourth-order valence-electron chi connectivity index (χ4n) is 2.13. The number of hydrogen-bond acceptors (Lipinski definition) is 3. The Kier molecular flexibility index (Phi) is 4.89. The standard InChI is InChI=1S/C14H17F2NO3/c15-14(16)20-11-3-1-2-10(8-11)13(19)17-12(6-7-18)9-4-5-9/h1-3,8-9,12,14,18H,4-7H2,(H,17,19). The summed E-state index contributed by atoms with van der Waals surface area (Å²) >= 11 is 0. The Morgan fingerprint density at radius 3 is 2.80 bits per heavy atom. The van der Waals surface area contributed by atoms with Gasteiger partial charge in [0.2, 0.25) is 0 Å². The zero-order chi connectivity index (χ0) is 14.5. The van der Waals surface area contributed by atoms with Gasteiger partial charge >= 0.3 is 6.61 Å². The van der Waals surface area contributed by atoms with Crippen LogP contribution in [0.4, 0.5) is 8.78 Å². The van der Waals surface area contributed by atoms with Crippen molar-refractivity contribution in [3.63, 3.8) is 0 Å². The lowest BCUT2D eigenvalue weighted by atomic mass is 10.1. The first kappa shape index (κ1) is 14.7. The van der Waals surface area contributed by atoms with Gasteiger partial charge in [-0.1, -0.05) is 6.07 Å². The minimum atomic E-state index is -2.91. The van der Waals surface area contributed by atoms with E-state index in [1.807, 2.05) is 0 Å². The van der Waals surface area contributed by atoms with E-state index in [-0.39, 0.29) is 29.9 Å². The van der Waals surface area contributed by atoms with Crippen molar-refractivity contribution in [1.29, 1.82) is 0 Å². The molecule has 6 heteroatoms. The normalized spacial score (nSPS) is 16.0. The highest BCUT2D eigenvalue weighted by molar-refractivity contribution is 5.94. The summed E-state index contributed by atoms with van der Waals surface area (Å²) in [5, 5.41) is 11.8. The van der Waals surface area contributed by atoms with Crippen LogP contribution >= 0.6 is 0 Å². The number of halogens is 2. The number of ether oxygens (including phenoxy) is 1. The summed E-state index contributed by atoms with van der Waals surface area (Å²) in [6.45, 7) is -2.90. The lowest BCUT2D eigenvalue weighted by molar-refractivity contribution is -0.0498. The number of carbonyl (C=O) groups is 1. The highest BCUT2D eigenvalue weighted by Gasteiger charge is 2.31. The van der Waals surface area contributed by atoms with Gasteiger partial charge in [0, 0.05) is 18.2 Å². The highest BCUT2D eigenvalue weighted by atomic mass is 19.3. The van der Waals surface area contributed by atoms with Crippen molar-refractivity contribution in [1.82, 2.24) is 5.32 Å². The molecule has 1 aromatic carbocycles. The van der Waals surface area contributed by atoms with Crippen molar-refractivity contribution in [2.45, 2.75) is 31.9 Å². The fourth-order valence-corrected chi connectivity index (χ4v) is 2.13. The number of aliphatic hydroxyl groups excluding tert-OH is 1. The molecule has 1 aliphatic rings. The maximum atomic E-state index is 12.1. The Hall–Kier alpha value is -1.69. The second kappa shape index (κ2) is 6.65. The van der Waals surface area contributed by atoms with E-state index < -0.39 is 6.61 Å². The van der Waals surface area contributed by atoms with E-state index in [1.165, 1.54) is 24.3 Å². The van der Waals surface area contributed by atoms with Crippen molar-refractivity contribution < 1.29 is 23.4 Å². The Balaban J connectivity index is 2.00. The van der Waals surface area contributed by atoms with Gasteiger partial charge in [0.15, 0.2) is 0 Å². The second-order valence-electron chi connectivity index (χ2n) is 4.84. The van der Waals surface area contributed by atoms with Gasteiger partial charge in [-0.25, -0.2) is 0 Å². The van der Waals surface area contributed by atoms with Gasteiger partial charge in [-0.2, -0.15) is 8.78 Å². The van der Waals surface area contributed by atoms with Crippen LogP contribution in [0.5, 0.6) is 5.75 Å². The van der Waals surface area contributed by atoms with Crippen LogP contribution in [0.3, 0.4) is 0 Å². The second-order valence-corrected chi connectivity index (χ2v) is 4.84. The number of benzene rings is 1. The van der Waals surface area contributed by atoms with Gasteiger partial charge in [-0.3, -0.25) is 4.79 Å². The molecule has 0 saturated heterocycles. The van der Waals surface area contributed by atoms with Gasteiger partial charge in [-0.15, -0.1) is 0 Å². The Bertz CT molecular complexity index is 463. The maximum Gasteiger partial charge on any atom is 0.387 e. The summed E-state index contributed by atoms with van der Waals surface area (Å²) < 4.78 is 28.5. The van der Waals surface area contributed by atoms with Crippen molar-refractivity contribution in [3.05, 3.63) is 29.8 Å². The number of hydrogen-bond donors (Lipinski definition) is 2. The smallest absolute Gasteiger partial charge is 0.387 e. The van der Waals surface area contributed by atoms with Gasteiger partial charge in [-0.05, 0) is 43.4 Å². The first-order valence-corrected chi connectivity index (χ1v) is 6.56. The fraction of sp³-hybridized carbons (Fsp3) is 0.500. The number of rotatable bonds is 7. The van der Waals surface area contributed by atoms with E-state index in [1.54, 1.807) is 0 Å². The van der Waals surface area contributed by atoms with Crippen molar-refractivity contribution in [3.8, 4) is 5.75 Å². The molecule has 0 bridgehead atoms. The lowest BCUT2D eigenvalue weighted by Gasteiger charge is -2.17. The lowest BCUT2D eigenvalue weighted by Crippen LogP contribution is -2.37. The predicted molar refractivity (Wildman–Crippen MR) is 68.8 cm³/mol. The summed E-state index contributed by atoms with van der Waals surface area (Å²) in [7, 11) is 0. The van der Waals surface area contributed by atoms with Crippen molar-refractivity contribution in [2.75, 3.05) is 6.61 Å². The van der Waals surface area contributed by atoms with Gasteiger partial charge in [0.1, 0.15) is 5.75 Å². The molecule has 110 valence electrons. The van der Waals surface area contributed by atoms with Crippen LogP contribution in [0.2, 0.25) is 0 Å². The van der Waals surface area contributed by atoms with E-state index in [0.717, 1.165) is 12.8 Å². The van der Waals surface area contributed by atoms with Crippen molar-refractivity contribution >= 4 is 5.91 Å². The molecule has 1 aromatic rings. The molecule has 1 saturated carbocycles. The Morgan fingerprint density at radius 2 is 2.20 bits per heavy atom. The molecule has 2 N–H and O–H groups in total. The summed E-state index contributed by atoms with van der Waals surface area (Å²) in [6.07, 6.45) is 2.59. The van der Waals surface area contributed by atoms with E-state index in [0.29, 0.717) is 12.3 Å². The minimum Gasteiger partial charge on any atom is -0.435 e. The minimum absolute atomic E-state index is 0.00990. The van der Waals surface area contributed by atoms with Crippen LogP contribution in [0.15, 0.2) is 24.3 Å². The molecule has 0 heterocycles. The number of alkyl halides is 2. The molecule has 0 aliphatic heterocycles. The van der Waals surface area contributed by atoms with E-state index in [9.17, 15) is 13.6 Å². The molecular formula is C14H17F2NO3. The monoisotopic (exact) mass is 285 g/mol. The summed E-state index contributed by atoms with van der Waals surface area (Å²) in [4.78, 5) is 12.1. The molecule has 1 atom stereocenters. The van der Waals surface area contributed by atoms with Crippen LogP contribution in [0.25, 0.3) is 0 Å². The van der Waals surface area contributed by atoms with Gasteiger partial charge < -0.3 is 15.2 Å². The van der Waals surface area contributed by atoms with Crippen LogP contribution in [-0.2, 0) is 0 Å². The SMILES string of the molecule is O=C(NC(CCO)C1CC1)c1cccc(OC(F)F)c1. The molecule has 1 aliphatic carbocycles. The molecule has 0 radical (unpaired) electrons. The molecule has 0 aromatic heterocycles. The van der Waals surface area contributed by atoms with E-state index in [2.05, 4.69) is 10.1 Å². The van der Waals surface area contributed by atoms with Gasteiger partial charge in [0.05, 0.1) is 0 Å². The zero-order valence-corrected chi connectivity index (χ0v) is 10.9. The summed E-state index contributed by atoms with van der Waals surface area (Å²) in [6, 6.07) is 5.62. The third-order valence-electron chi connectivity index (χ3n) is 3.27. The quantitative estimate of drug-likeness (QED) is 0.807. The molecule has 2 rings (SSSR count). The molecule has 20 heavy (non-hydrogen) atoms. The Labute approximate surface area is 115 Å². The first-order valence-electron chi connectivity index (χ1n) is 6.56. The van der Waals surface area contributed by atoms with Crippen molar-refractivity contribution in [2.24, 2.45) is 5.92 Å². The summed E-state index contributed by atoms with van der Waals surface area (Å²) in [5.41, 5.74) is 0.270. The Morgan fingerprint density at radius 1 is 1.45 bits per heavy atom. The van der Waals surface area contributed by atoms with Crippen LogP contribution in [0, 0.1) is 5.92 Å². The molecular weight excluding hydrogens is 268 g/mol. The third kappa shape index (κ3) is 4.16. The summed E-state index contributed by atoms with van der Waals surface area (Å²) in [5.74, 6) is 0.0273. The average molecular weight is 285 g/mol. The number of nitrogens with one attached hydrogen (secondary N) is 1. The zero-order valence-electron chi connectivity index (χ0n) is 10.9. The first-order chi connectivity index (χ1) is 9.60. The number of carbonyl (C=O) groups excluding carboxylic acids is 1. The molecule has 1 unspecified atom stereocenters. The number of aliphatic hydroxyl groups is 1. The van der Waals surface area contributed by atoms with E-state index >= 15 is 0 Å². The largest absolute Gasteiger partial charge is 0.435 e. The van der Waals surface area contributed by atoms with E-state index in [4.69, 9.17) is 5.11 Å². The average Bonchev–Trinajstić information content (AvgIpc) is 3.22. The topological polar surface area (TPSA) is 58.6 Å². The third-order valence-corrected chi connectivity index (χ3v) is 3.27. The maximum absolute atomic E-state index is 12.1. The molecule has 4 nitrogen and oxygen atoms in total. The molecule has 1 amide bonds. The molecule has 0 spiro atoms. The van der Waals surface area contributed by atoms with Crippen LogP contribution in [0.1, 0.15) is 29.6 Å². The predicted octanol–water partition coefficient (Wildman–Crippen LogP) is 2.18. The van der Waals surface area contributed by atoms with Crippen LogP contribution < -0.4 is 10.1 Å². The van der Waals surface area contributed by atoms with Gasteiger partial charge in [0.25, 0.3) is 5.91 Å².